The first-order valence-corrected chi connectivity index (χ1v) is 3.63. The van der Waals surface area contributed by atoms with Gasteiger partial charge in [0, 0.05) is 7.11 Å². The molecule has 0 unspecified atom stereocenters. The Bertz CT molecular complexity index is 83.7. The Hall–Kier alpha value is -0.0800. The van der Waals surface area contributed by atoms with Gasteiger partial charge in [-0.25, -0.2) is 0 Å². The van der Waals surface area contributed by atoms with E-state index in [-0.39, 0.29) is 11.5 Å². The second kappa shape index (κ2) is 3.94. The number of rotatable bonds is 3. The summed E-state index contributed by atoms with van der Waals surface area (Å²) in [5, 5.41) is 9.26. The summed E-state index contributed by atoms with van der Waals surface area (Å²) >= 11 is 0. The molecule has 0 aliphatic rings. The Morgan fingerprint density at radius 2 is 1.90 bits per heavy atom. The van der Waals surface area contributed by atoms with E-state index in [0.29, 0.717) is 6.61 Å². The molecule has 0 saturated carbocycles. The maximum atomic E-state index is 9.26. The number of aliphatic hydroxyl groups is 1. The highest BCUT2D eigenvalue weighted by molar-refractivity contribution is 4.67. The number of ether oxygens (including phenoxy) is 1. The average Bonchev–Trinajstić information content (AvgIpc) is 1.59. The summed E-state index contributed by atoms with van der Waals surface area (Å²) in [4.78, 5) is 0. The van der Waals surface area contributed by atoms with E-state index < -0.39 is 0 Å². The molecule has 0 amide bonds. The normalized spacial score (nSPS) is 15.3. The van der Waals surface area contributed by atoms with E-state index in [2.05, 4.69) is 20.8 Å². The van der Waals surface area contributed by atoms with Crippen molar-refractivity contribution in [2.75, 3.05) is 13.7 Å². The van der Waals surface area contributed by atoms with Gasteiger partial charge in [0.25, 0.3) is 0 Å². The Kier molecular flexibility index (Phi) is 3.91. The minimum Gasteiger partial charge on any atom is -0.391 e. The van der Waals surface area contributed by atoms with Crippen molar-refractivity contribution in [3.05, 3.63) is 0 Å². The third-order valence-electron chi connectivity index (χ3n) is 1.21. The molecule has 2 heteroatoms. The summed E-state index contributed by atoms with van der Waals surface area (Å²) in [7, 11) is 1.60. The summed E-state index contributed by atoms with van der Waals surface area (Å²) < 4.78 is 4.80. The molecule has 0 bridgehead atoms. The molecule has 0 saturated heterocycles. The van der Waals surface area contributed by atoms with Gasteiger partial charge in [0.2, 0.25) is 0 Å². The topological polar surface area (TPSA) is 29.5 Å². The highest BCUT2D eigenvalue weighted by atomic mass is 16.5. The summed E-state index contributed by atoms with van der Waals surface area (Å²) in [6.45, 7) is 6.75. The van der Waals surface area contributed by atoms with Crippen LogP contribution in [0.15, 0.2) is 0 Å². The van der Waals surface area contributed by atoms with Gasteiger partial charge in [0.05, 0.1) is 12.7 Å². The molecule has 0 radical (unpaired) electrons. The monoisotopic (exact) mass is 146 g/mol. The van der Waals surface area contributed by atoms with E-state index in [9.17, 15) is 5.11 Å². The molecule has 0 rings (SSSR count). The van der Waals surface area contributed by atoms with Crippen LogP contribution in [0.1, 0.15) is 27.2 Å². The first-order chi connectivity index (χ1) is 4.45. The molecule has 0 aromatic heterocycles. The van der Waals surface area contributed by atoms with Gasteiger partial charge in [0.1, 0.15) is 0 Å². The van der Waals surface area contributed by atoms with Crippen molar-refractivity contribution in [1.29, 1.82) is 0 Å². The van der Waals surface area contributed by atoms with Crippen LogP contribution < -0.4 is 0 Å². The zero-order chi connectivity index (χ0) is 8.20. The van der Waals surface area contributed by atoms with E-state index in [0.717, 1.165) is 6.42 Å². The number of methoxy groups -OCH3 is 1. The van der Waals surface area contributed by atoms with Crippen LogP contribution in [0.3, 0.4) is 0 Å². The van der Waals surface area contributed by atoms with Gasteiger partial charge < -0.3 is 9.84 Å². The van der Waals surface area contributed by atoms with Gasteiger partial charge in [-0.15, -0.1) is 0 Å². The van der Waals surface area contributed by atoms with E-state index >= 15 is 0 Å². The highest BCUT2D eigenvalue weighted by Crippen LogP contribution is 2.20. The molecule has 10 heavy (non-hydrogen) atoms. The lowest BCUT2D eigenvalue weighted by Gasteiger charge is -2.21. The van der Waals surface area contributed by atoms with E-state index in [1.165, 1.54) is 0 Å². The predicted octanol–water partition coefficient (Wildman–Crippen LogP) is 1.43. The first kappa shape index (κ1) is 9.92. The van der Waals surface area contributed by atoms with Crippen LogP contribution in [0, 0.1) is 5.41 Å². The third-order valence-corrected chi connectivity index (χ3v) is 1.21. The predicted molar refractivity (Wildman–Crippen MR) is 42.0 cm³/mol. The SMILES string of the molecule is COC[C@H](O)CC(C)(C)C. The Labute approximate surface area is 63.2 Å². The zero-order valence-electron chi connectivity index (χ0n) is 7.35. The lowest BCUT2D eigenvalue weighted by Crippen LogP contribution is -2.21. The lowest BCUT2D eigenvalue weighted by molar-refractivity contribution is 0.0382. The van der Waals surface area contributed by atoms with Gasteiger partial charge in [-0.1, -0.05) is 20.8 Å². The summed E-state index contributed by atoms with van der Waals surface area (Å²) in [6, 6.07) is 0. The van der Waals surface area contributed by atoms with Crippen LogP contribution in [0.5, 0.6) is 0 Å². The van der Waals surface area contributed by atoms with Crippen LogP contribution >= 0.6 is 0 Å². The molecule has 2 nitrogen and oxygen atoms in total. The van der Waals surface area contributed by atoms with Crippen LogP contribution in [0.2, 0.25) is 0 Å². The molecule has 0 aliphatic heterocycles. The maximum Gasteiger partial charge on any atom is 0.0778 e. The molecule has 0 aromatic carbocycles. The van der Waals surface area contributed by atoms with Crippen LogP contribution in [0.25, 0.3) is 0 Å². The fourth-order valence-electron chi connectivity index (χ4n) is 0.958. The molecular weight excluding hydrogens is 128 g/mol. The molecule has 0 heterocycles. The quantitative estimate of drug-likeness (QED) is 0.652. The van der Waals surface area contributed by atoms with Crippen LogP contribution in [0.4, 0.5) is 0 Å². The van der Waals surface area contributed by atoms with Crippen molar-refractivity contribution in [3.8, 4) is 0 Å². The molecule has 62 valence electrons. The first-order valence-electron chi connectivity index (χ1n) is 3.63. The van der Waals surface area contributed by atoms with Gasteiger partial charge in [-0.05, 0) is 11.8 Å². The average molecular weight is 146 g/mol. The molecule has 1 atom stereocenters. The molecule has 0 fully saturated rings. The van der Waals surface area contributed by atoms with Crippen molar-refractivity contribution < 1.29 is 9.84 Å². The molecular formula is C8H18O2. The number of aliphatic hydroxyl groups excluding tert-OH is 1. The van der Waals surface area contributed by atoms with E-state index in [1.807, 2.05) is 0 Å². The van der Waals surface area contributed by atoms with Crippen molar-refractivity contribution in [3.63, 3.8) is 0 Å². The molecule has 0 aromatic rings. The Balaban J connectivity index is 3.47. The molecule has 1 N–H and O–H groups in total. The second-order valence-electron chi connectivity index (χ2n) is 3.87. The van der Waals surface area contributed by atoms with Gasteiger partial charge in [-0.2, -0.15) is 0 Å². The minimum absolute atomic E-state index is 0.192. The summed E-state index contributed by atoms with van der Waals surface area (Å²) in [6.07, 6.45) is 0.478. The minimum atomic E-state index is -0.315. The fourth-order valence-corrected chi connectivity index (χ4v) is 0.958. The van der Waals surface area contributed by atoms with Crippen molar-refractivity contribution >= 4 is 0 Å². The number of hydrogen-bond acceptors (Lipinski definition) is 2. The van der Waals surface area contributed by atoms with Crippen molar-refractivity contribution in [2.45, 2.75) is 33.3 Å². The second-order valence-corrected chi connectivity index (χ2v) is 3.87. The molecule has 0 aliphatic carbocycles. The van der Waals surface area contributed by atoms with E-state index in [4.69, 9.17) is 4.74 Å². The highest BCUT2D eigenvalue weighted by Gasteiger charge is 2.15. The lowest BCUT2D eigenvalue weighted by atomic mass is 9.89. The van der Waals surface area contributed by atoms with Crippen LogP contribution in [-0.4, -0.2) is 24.9 Å². The van der Waals surface area contributed by atoms with Crippen molar-refractivity contribution in [1.82, 2.24) is 0 Å². The summed E-state index contributed by atoms with van der Waals surface area (Å²) in [5.74, 6) is 0. The Morgan fingerprint density at radius 3 is 2.20 bits per heavy atom. The maximum absolute atomic E-state index is 9.26. The van der Waals surface area contributed by atoms with Gasteiger partial charge in [0.15, 0.2) is 0 Å². The van der Waals surface area contributed by atoms with E-state index in [1.54, 1.807) is 7.11 Å². The summed E-state index contributed by atoms with van der Waals surface area (Å²) in [5.41, 5.74) is 0.192. The smallest absolute Gasteiger partial charge is 0.0778 e. The van der Waals surface area contributed by atoms with Gasteiger partial charge in [-0.3, -0.25) is 0 Å². The Morgan fingerprint density at radius 1 is 1.40 bits per heavy atom. The largest absolute Gasteiger partial charge is 0.391 e. The molecule has 0 spiro atoms. The van der Waals surface area contributed by atoms with Gasteiger partial charge >= 0.3 is 0 Å². The standard InChI is InChI=1S/C8H18O2/c1-8(2,3)5-7(9)6-10-4/h7,9H,5-6H2,1-4H3/t7-/m1/s1. The fraction of sp³-hybridized carbons (Fsp3) is 1.00. The third kappa shape index (κ3) is 6.05. The number of hydrogen-bond donors (Lipinski definition) is 1. The van der Waals surface area contributed by atoms with Crippen LogP contribution in [-0.2, 0) is 4.74 Å². The zero-order valence-corrected chi connectivity index (χ0v) is 7.35. The van der Waals surface area contributed by atoms with Crippen molar-refractivity contribution in [2.24, 2.45) is 5.41 Å².